The lowest BCUT2D eigenvalue weighted by Gasteiger charge is -2.12. The number of rotatable bonds is 3. The maximum absolute atomic E-state index is 12.0. The van der Waals surface area contributed by atoms with E-state index in [0.29, 0.717) is 6.41 Å². The van der Waals surface area contributed by atoms with Crippen molar-refractivity contribution in [2.45, 2.75) is 12.5 Å². The van der Waals surface area contributed by atoms with Crippen molar-refractivity contribution in [1.82, 2.24) is 9.88 Å². The molecule has 1 fully saturated rings. The molecule has 1 aliphatic heterocycles. The molecule has 8 heteroatoms. The quantitative estimate of drug-likeness (QED) is 0.800. The standard InChI is InChI=1S/C12H11ClN4O3/c13-8-2-10(19)11(15-4-8)16-12(20)7-1-9(3-14)17(5-7)6-18/h2,4,6-7,9,19H,1,5H2,(H,15,16,20)/t7-,9?/m0/s1. The van der Waals surface area contributed by atoms with Crippen molar-refractivity contribution in [2.75, 3.05) is 11.9 Å². The first kappa shape index (κ1) is 14.1. The summed E-state index contributed by atoms with van der Waals surface area (Å²) in [6.45, 7) is 0.169. The lowest BCUT2D eigenvalue weighted by Crippen LogP contribution is -2.28. The molecule has 1 saturated heterocycles. The van der Waals surface area contributed by atoms with Gasteiger partial charge < -0.3 is 15.3 Å². The van der Waals surface area contributed by atoms with Crippen LogP contribution in [0.15, 0.2) is 12.3 Å². The van der Waals surface area contributed by atoms with E-state index in [2.05, 4.69) is 10.3 Å². The summed E-state index contributed by atoms with van der Waals surface area (Å²) >= 11 is 5.64. The highest BCUT2D eigenvalue weighted by atomic mass is 35.5. The molecule has 0 aliphatic carbocycles. The first-order valence-electron chi connectivity index (χ1n) is 5.81. The number of aromatic hydroxyl groups is 1. The molecule has 1 unspecified atom stereocenters. The molecule has 20 heavy (non-hydrogen) atoms. The molecule has 0 saturated carbocycles. The molecule has 0 aromatic carbocycles. The number of carbonyl (C=O) groups is 2. The average molecular weight is 295 g/mol. The number of hydrogen-bond donors (Lipinski definition) is 2. The fraction of sp³-hybridized carbons (Fsp3) is 0.333. The fourth-order valence-electron chi connectivity index (χ4n) is 2.04. The summed E-state index contributed by atoms with van der Waals surface area (Å²) in [7, 11) is 0. The minimum absolute atomic E-state index is 0.00235. The molecule has 2 atom stereocenters. The van der Waals surface area contributed by atoms with Gasteiger partial charge in [0.1, 0.15) is 6.04 Å². The van der Waals surface area contributed by atoms with Gasteiger partial charge in [-0.3, -0.25) is 9.59 Å². The molecule has 2 N–H and O–H groups in total. The topological polar surface area (TPSA) is 106 Å². The normalized spacial score (nSPS) is 21.3. The van der Waals surface area contributed by atoms with E-state index in [4.69, 9.17) is 16.9 Å². The number of halogens is 1. The van der Waals surface area contributed by atoms with E-state index in [9.17, 15) is 14.7 Å². The van der Waals surface area contributed by atoms with Crippen LogP contribution in [-0.2, 0) is 9.59 Å². The third-order valence-corrected chi connectivity index (χ3v) is 3.28. The van der Waals surface area contributed by atoms with Crippen molar-refractivity contribution in [3.63, 3.8) is 0 Å². The van der Waals surface area contributed by atoms with Crippen molar-refractivity contribution >= 4 is 29.7 Å². The third kappa shape index (κ3) is 2.81. The zero-order valence-electron chi connectivity index (χ0n) is 10.3. The van der Waals surface area contributed by atoms with E-state index >= 15 is 0 Å². The molecule has 104 valence electrons. The monoisotopic (exact) mass is 294 g/mol. The molecule has 1 aliphatic rings. The Balaban J connectivity index is 2.06. The number of hydrogen-bond acceptors (Lipinski definition) is 5. The minimum Gasteiger partial charge on any atom is -0.504 e. The number of pyridine rings is 1. The van der Waals surface area contributed by atoms with E-state index in [1.54, 1.807) is 0 Å². The van der Waals surface area contributed by atoms with Crippen molar-refractivity contribution in [1.29, 1.82) is 5.26 Å². The Hall–Kier alpha value is -2.33. The molecule has 2 amide bonds. The number of likely N-dealkylation sites (tertiary alicyclic amines) is 1. The average Bonchev–Trinajstić information content (AvgIpc) is 2.85. The largest absolute Gasteiger partial charge is 0.504 e. The lowest BCUT2D eigenvalue weighted by molar-refractivity contribution is -0.120. The zero-order valence-corrected chi connectivity index (χ0v) is 11.0. The van der Waals surface area contributed by atoms with Gasteiger partial charge in [0.25, 0.3) is 0 Å². The molecule has 0 bridgehead atoms. The van der Waals surface area contributed by atoms with Gasteiger partial charge in [0, 0.05) is 18.8 Å². The highest BCUT2D eigenvalue weighted by Crippen LogP contribution is 2.26. The number of amides is 2. The maximum Gasteiger partial charge on any atom is 0.230 e. The molecule has 2 heterocycles. The van der Waals surface area contributed by atoms with Gasteiger partial charge in [-0.15, -0.1) is 0 Å². The molecule has 2 rings (SSSR count). The smallest absolute Gasteiger partial charge is 0.230 e. The summed E-state index contributed by atoms with van der Waals surface area (Å²) in [5, 5.41) is 21.2. The summed E-state index contributed by atoms with van der Waals surface area (Å²) in [6.07, 6.45) is 2.11. The Morgan fingerprint density at radius 3 is 3.00 bits per heavy atom. The van der Waals surface area contributed by atoms with E-state index in [0.717, 1.165) is 0 Å². The zero-order chi connectivity index (χ0) is 14.7. The summed E-state index contributed by atoms with van der Waals surface area (Å²) in [5.74, 6) is -1.16. The van der Waals surface area contributed by atoms with Gasteiger partial charge in [0.05, 0.1) is 17.0 Å². The van der Waals surface area contributed by atoms with Gasteiger partial charge >= 0.3 is 0 Å². The summed E-state index contributed by atoms with van der Waals surface area (Å²) < 4.78 is 0. The summed E-state index contributed by atoms with van der Waals surface area (Å²) in [6, 6.07) is 2.62. The molecule has 0 radical (unpaired) electrons. The van der Waals surface area contributed by atoms with Gasteiger partial charge in [-0.05, 0) is 6.42 Å². The molecule has 0 spiro atoms. The fourth-order valence-corrected chi connectivity index (χ4v) is 2.19. The first-order chi connectivity index (χ1) is 9.55. The molecular weight excluding hydrogens is 284 g/mol. The SMILES string of the molecule is N#CC1C[C@H](C(=O)Nc2ncc(Cl)cc2O)CN1C=O. The van der Waals surface area contributed by atoms with Gasteiger partial charge in [0.15, 0.2) is 11.6 Å². The van der Waals surface area contributed by atoms with Crippen molar-refractivity contribution in [3.05, 3.63) is 17.3 Å². The van der Waals surface area contributed by atoms with E-state index in [-0.39, 0.29) is 29.6 Å². The van der Waals surface area contributed by atoms with Crippen LogP contribution in [0.25, 0.3) is 0 Å². The number of anilines is 1. The second kappa shape index (κ2) is 5.75. The van der Waals surface area contributed by atoms with Crippen LogP contribution in [0, 0.1) is 17.2 Å². The van der Waals surface area contributed by atoms with Crippen molar-refractivity contribution in [3.8, 4) is 11.8 Å². The highest BCUT2D eigenvalue weighted by Gasteiger charge is 2.35. The van der Waals surface area contributed by atoms with Crippen LogP contribution in [0.3, 0.4) is 0 Å². The van der Waals surface area contributed by atoms with Crippen LogP contribution in [0.1, 0.15) is 6.42 Å². The predicted molar refractivity (Wildman–Crippen MR) is 69.8 cm³/mol. The van der Waals surface area contributed by atoms with Gasteiger partial charge in [0.2, 0.25) is 12.3 Å². The number of carbonyl (C=O) groups excluding carboxylic acids is 2. The predicted octanol–water partition coefficient (Wildman–Crippen LogP) is 0.750. The Morgan fingerprint density at radius 1 is 1.70 bits per heavy atom. The highest BCUT2D eigenvalue weighted by molar-refractivity contribution is 6.30. The van der Waals surface area contributed by atoms with E-state index in [1.807, 2.05) is 6.07 Å². The summed E-state index contributed by atoms with van der Waals surface area (Å²) in [4.78, 5) is 27.9. The van der Waals surface area contributed by atoms with E-state index in [1.165, 1.54) is 17.2 Å². The lowest BCUT2D eigenvalue weighted by atomic mass is 10.1. The number of aromatic nitrogens is 1. The van der Waals surface area contributed by atoms with E-state index < -0.39 is 17.9 Å². The minimum atomic E-state index is -0.602. The second-order valence-corrected chi connectivity index (χ2v) is 4.83. The van der Waals surface area contributed by atoms with Crippen LogP contribution in [0.5, 0.6) is 5.75 Å². The Bertz CT molecular complexity index is 587. The number of nitrogens with zero attached hydrogens (tertiary/aromatic N) is 3. The first-order valence-corrected chi connectivity index (χ1v) is 6.19. The number of nitriles is 1. The Labute approximate surface area is 119 Å². The maximum atomic E-state index is 12.0. The van der Waals surface area contributed by atoms with Crippen LogP contribution in [0.4, 0.5) is 5.82 Å². The Morgan fingerprint density at radius 2 is 2.45 bits per heavy atom. The molecule has 1 aromatic rings. The van der Waals surface area contributed by atoms with Crippen LogP contribution in [-0.4, -0.2) is 39.9 Å². The molecular formula is C12H11ClN4O3. The van der Waals surface area contributed by atoms with Crippen molar-refractivity contribution in [2.24, 2.45) is 5.92 Å². The summed E-state index contributed by atoms with van der Waals surface area (Å²) in [5.41, 5.74) is 0. The third-order valence-electron chi connectivity index (χ3n) is 3.07. The van der Waals surface area contributed by atoms with Crippen LogP contribution < -0.4 is 5.32 Å². The second-order valence-electron chi connectivity index (χ2n) is 4.39. The van der Waals surface area contributed by atoms with Crippen molar-refractivity contribution < 1.29 is 14.7 Å². The van der Waals surface area contributed by atoms with Crippen LogP contribution >= 0.6 is 11.6 Å². The van der Waals surface area contributed by atoms with Crippen LogP contribution in [0.2, 0.25) is 5.02 Å². The Kier molecular flexibility index (Phi) is 4.05. The van der Waals surface area contributed by atoms with Gasteiger partial charge in [-0.25, -0.2) is 4.98 Å². The van der Waals surface area contributed by atoms with Gasteiger partial charge in [-0.1, -0.05) is 11.6 Å². The molecule has 7 nitrogen and oxygen atoms in total. The molecule has 1 aromatic heterocycles. The van der Waals surface area contributed by atoms with Gasteiger partial charge in [-0.2, -0.15) is 5.26 Å². The number of nitrogens with one attached hydrogen (secondary N) is 1.